The van der Waals surface area contributed by atoms with Gasteiger partial charge in [-0.1, -0.05) is 68.4 Å². The Kier molecular flexibility index (Phi) is 13.1. The van der Waals surface area contributed by atoms with Gasteiger partial charge in [0.15, 0.2) is 5.96 Å². The van der Waals surface area contributed by atoms with Crippen molar-refractivity contribution in [1.29, 1.82) is 0 Å². The molecule has 0 aliphatic carbocycles. The molecule has 5 atom stereocenters. The van der Waals surface area contributed by atoms with E-state index in [0.29, 0.717) is 24.8 Å². The number of carbonyl (C=O) groups excluding carboxylic acids is 5. The van der Waals surface area contributed by atoms with Crippen molar-refractivity contribution in [2.75, 3.05) is 20.1 Å². The van der Waals surface area contributed by atoms with Crippen molar-refractivity contribution in [3.63, 3.8) is 0 Å². The highest BCUT2D eigenvalue weighted by molar-refractivity contribution is 5.98. The van der Waals surface area contributed by atoms with Crippen LogP contribution in [0.15, 0.2) is 71.7 Å². The third-order valence-corrected chi connectivity index (χ3v) is 10.1. The maximum atomic E-state index is 14.6. The molecular weight excluding hydrogens is 688 g/mol. The lowest BCUT2D eigenvalue weighted by Crippen LogP contribution is -2.58. The molecule has 54 heavy (non-hydrogen) atoms. The Hall–Kier alpha value is -5.66. The van der Waals surface area contributed by atoms with Gasteiger partial charge in [-0.25, -0.2) is 0 Å². The van der Waals surface area contributed by atoms with E-state index in [0.717, 1.165) is 16.3 Å². The summed E-state index contributed by atoms with van der Waals surface area (Å²) in [5.74, 6) is -2.65. The van der Waals surface area contributed by atoms with E-state index >= 15 is 0 Å². The summed E-state index contributed by atoms with van der Waals surface area (Å²) in [6, 6.07) is 14.8. The zero-order valence-electron chi connectivity index (χ0n) is 31.2. The van der Waals surface area contributed by atoms with Gasteiger partial charge in [-0.05, 0) is 72.1 Å². The average Bonchev–Trinajstić information content (AvgIpc) is 3.63. The van der Waals surface area contributed by atoms with Crippen molar-refractivity contribution < 1.29 is 29.1 Å². The van der Waals surface area contributed by atoms with Crippen LogP contribution in [0.1, 0.15) is 57.1 Å². The largest absolute Gasteiger partial charge is 0.508 e. The summed E-state index contributed by atoms with van der Waals surface area (Å²) >= 11 is 0. The highest BCUT2D eigenvalue weighted by Crippen LogP contribution is 2.23. The van der Waals surface area contributed by atoms with Gasteiger partial charge in [-0.3, -0.25) is 29.0 Å². The van der Waals surface area contributed by atoms with Gasteiger partial charge in [0.1, 0.15) is 36.0 Å². The smallest absolute Gasteiger partial charge is 0.246 e. The zero-order valence-corrected chi connectivity index (χ0v) is 31.2. The molecule has 0 saturated carbocycles. The molecule has 288 valence electrons. The van der Waals surface area contributed by atoms with Gasteiger partial charge in [0, 0.05) is 33.0 Å². The van der Waals surface area contributed by atoms with Crippen LogP contribution in [0.5, 0.6) is 5.75 Å². The van der Waals surface area contributed by atoms with E-state index in [1.54, 1.807) is 12.1 Å². The summed E-state index contributed by atoms with van der Waals surface area (Å²) in [6.07, 6.45) is 1.89. The van der Waals surface area contributed by atoms with Gasteiger partial charge >= 0.3 is 0 Å². The van der Waals surface area contributed by atoms with Crippen LogP contribution in [0.2, 0.25) is 0 Å². The number of guanidine groups is 1. The predicted octanol–water partition coefficient (Wildman–Crippen LogP) is 1.72. The molecule has 3 aromatic carbocycles. The molecule has 0 spiro atoms. The number of carbonyl (C=O) groups is 5. The summed E-state index contributed by atoms with van der Waals surface area (Å²) in [4.78, 5) is 78.3. The number of hydrogen-bond acceptors (Lipinski definition) is 7. The maximum absolute atomic E-state index is 14.6. The lowest BCUT2D eigenvalue weighted by Gasteiger charge is -2.33. The van der Waals surface area contributed by atoms with Crippen LogP contribution in [0.4, 0.5) is 0 Å². The van der Waals surface area contributed by atoms with Crippen LogP contribution in [0, 0.1) is 5.92 Å². The van der Waals surface area contributed by atoms with Gasteiger partial charge in [-0.15, -0.1) is 0 Å². The van der Waals surface area contributed by atoms with E-state index in [2.05, 4.69) is 20.9 Å². The molecule has 2 aliphatic heterocycles. The van der Waals surface area contributed by atoms with E-state index < -0.39 is 59.7 Å². The van der Waals surface area contributed by atoms with Crippen LogP contribution in [0.3, 0.4) is 0 Å². The van der Waals surface area contributed by atoms with Crippen molar-refractivity contribution in [1.82, 2.24) is 25.8 Å². The molecule has 8 N–H and O–H groups in total. The van der Waals surface area contributed by atoms with Crippen LogP contribution in [-0.2, 0) is 36.8 Å². The Morgan fingerprint density at radius 1 is 0.815 bits per heavy atom. The first kappa shape index (κ1) is 39.5. The number of hydrogen-bond donors (Lipinski definition) is 6. The van der Waals surface area contributed by atoms with E-state index in [1.807, 2.05) is 56.3 Å². The van der Waals surface area contributed by atoms with Crippen LogP contribution < -0.4 is 27.4 Å². The highest BCUT2D eigenvalue weighted by Gasteiger charge is 2.41. The summed E-state index contributed by atoms with van der Waals surface area (Å²) in [7, 11) is 1.51. The highest BCUT2D eigenvalue weighted by atomic mass is 16.3. The van der Waals surface area contributed by atoms with Gasteiger partial charge in [0.25, 0.3) is 0 Å². The van der Waals surface area contributed by atoms with Crippen molar-refractivity contribution in [2.24, 2.45) is 22.4 Å². The fraction of sp³-hybridized carbons (Fsp3) is 0.450. The molecule has 14 heteroatoms. The number of aromatic hydroxyl groups is 1. The molecule has 2 heterocycles. The second-order valence-electron chi connectivity index (χ2n) is 14.7. The van der Waals surface area contributed by atoms with E-state index in [4.69, 9.17) is 11.5 Å². The lowest BCUT2D eigenvalue weighted by molar-refractivity contribution is -0.144. The first-order valence-corrected chi connectivity index (χ1v) is 18.6. The van der Waals surface area contributed by atoms with E-state index in [9.17, 15) is 29.1 Å². The van der Waals surface area contributed by atoms with Gasteiger partial charge in [0.05, 0.1) is 0 Å². The SMILES string of the molecule is CC(C)C[C@@H]1NC(=O)[C@@H](Cc2ccc(O)cc2)NC(=O)[C@@H]2CCCN2C(=O)[C@H](Cc2ccc3ccccc3c2)NC(=O)[C@H](CCCN=C(N)N)N(C)C1=O. The van der Waals surface area contributed by atoms with Crippen LogP contribution in [0.25, 0.3) is 10.8 Å². The van der Waals surface area contributed by atoms with Crippen LogP contribution in [-0.4, -0.2) is 101 Å². The molecule has 2 aliphatic rings. The van der Waals surface area contributed by atoms with E-state index in [-0.39, 0.29) is 56.4 Å². The Balaban J connectivity index is 1.56. The number of fused-ring (bicyclic) bond motifs is 2. The number of nitrogens with zero attached hydrogens (tertiary/aromatic N) is 3. The monoisotopic (exact) mass is 740 g/mol. The number of likely N-dealkylation sites (N-methyl/N-ethyl adjacent to an activating group) is 1. The molecule has 2 saturated heterocycles. The molecule has 3 aromatic rings. The summed E-state index contributed by atoms with van der Waals surface area (Å²) in [5.41, 5.74) is 12.6. The van der Waals surface area contributed by atoms with Gasteiger partial charge in [0.2, 0.25) is 29.5 Å². The minimum Gasteiger partial charge on any atom is -0.508 e. The summed E-state index contributed by atoms with van der Waals surface area (Å²) < 4.78 is 0. The maximum Gasteiger partial charge on any atom is 0.246 e. The van der Waals surface area contributed by atoms with Crippen molar-refractivity contribution >= 4 is 46.3 Å². The quantitative estimate of drug-likeness (QED) is 0.102. The minimum atomic E-state index is -1.11. The fourth-order valence-electron chi connectivity index (χ4n) is 7.28. The second kappa shape index (κ2) is 17.9. The molecule has 0 aromatic heterocycles. The zero-order chi connectivity index (χ0) is 38.9. The van der Waals surface area contributed by atoms with Crippen LogP contribution >= 0.6 is 0 Å². The standard InChI is InChI=1S/C40H52N8O6/c1-24(2)20-31-38(53)47(3)33(10-6-18-43-40(41)42)36(51)46-32(23-26-12-15-27-8-4-5-9-28(27)21-26)39(54)48-19-7-11-34(48)37(52)44-30(35(50)45-31)22-25-13-16-29(49)17-14-25/h4-5,8-9,12-17,21,24,30-34,49H,6-7,10-11,18-20,22-23H2,1-3H3,(H,44,52)(H,45,50)(H,46,51)(H4,41,42,43)/t30-,31+,32+,33+,34+/m1/s1. The van der Waals surface area contributed by atoms with Gasteiger partial charge in [-0.2, -0.15) is 0 Å². The lowest BCUT2D eigenvalue weighted by atomic mass is 9.98. The molecular formula is C40H52N8O6. The first-order chi connectivity index (χ1) is 25.8. The molecule has 2 fully saturated rings. The summed E-state index contributed by atoms with van der Waals surface area (Å²) in [6.45, 7) is 4.33. The first-order valence-electron chi connectivity index (χ1n) is 18.6. The molecule has 0 unspecified atom stereocenters. The molecule has 5 amide bonds. The van der Waals surface area contributed by atoms with E-state index in [1.165, 1.54) is 29.0 Å². The predicted molar refractivity (Wildman–Crippen MR) is 206 cm³/mol. The summed E-state index contributed by atoms with van der Waals surface area (Å²) in [5, 5.41) is 20.6. The Bertz CT molecular complexity index is 1860. The number of rotatable bonds is 10. The molecule has 5 rings (SSSR count). The number of aliphatic imine (C=N–C) groups is 1. The fourth-order valence-corrected chi connectivity index (χ4v) is 7.28. The van der Waals surface area contributed by atoms with Crippen molar-refractivity contribution in [3.05, 3.63) is 77.9 Å². The Morgan fingerprint density at radius 3 is 2.17 bits per heavy atom. The van der Waals surface area contributed by atoms with Crippen molar-refractivity contribution in [3.8, 4) is 5.75 Å². The van der Waals surface area contributed by atoms with Crippen molar-refractivity contribution in [2.45, 2.75) is 89.0 Å². The molecule has 14 nitrogen and oxygen atoms in total. The number of amides is 5. The third-order valence-electron chi connectivity index (χ3n) is 10.1. The topological polar surface area (TPSA) is 213 Å². The normalized spacial score (nSPS) is 23.0. The Morgan fingerprint density at radius 2 is 1.46 bits per heavy atom. The number of nitrogens with one attached hydrogen (secondary N) is 3. The number of nitrogens with two attached hydrogens (primary N) is 2. The number of phenolic OH excluding ortho intramolecular Hbond substituents is 1. The third kappa shape index (κ3) is 10.1. The minimum absolute atomic E-state index is 0.0231. The average molecular weight is 741 g/mol. The Labute approximate surface area is 315 Å². The molecule has 0 radical (unpaired) electrons. The number of phenols is 1. The number of benzene rings is 3. The molecule has 0 bridgehead atoms. The van der Waals surface area contributed by atoms with Gasteiger partial charge < -0.3 is 42.3 Å². The second-order valence-corrected chi connectivity index (χ2v) is 14.7.